The van der Waals surface area contributed by atoms with E-state index in [1.165, 1.54) is 0 Å². The number of hydrogen-bond donors (Lipinski definition) is 0. The number of rotatable bonds is 0. The molecular formula is C3H9BrTe. The van der Waals surface area contributed by atoms with E-state index in [1.54, 1.807) is 0 Å². The van der Waals surface area contributed by atoms with E-state index in [0.29, 0.717) is 0 Å². The molecule has 0 nitrogen and oxygen atoms in total. The van der Waals surface area contributed by atoms with Crippen molar-refractivity contribution in [2.75, 3.05) is 0 Å². The predicted octanol–water partition coefficient (Wildman–Crippen LogP) is 2.22. The Morgan fingerprint density at radius 3 is 1.20 bits per heavy atom. The second kappa shape index (κ2) is 1.82. The molecule has 0 aromatic heterocycles. The van der Waals surface area contributed by atoms with Gasteiger partial charge in [0.05, 0.1) is 0 Å². The molecular weight excluding hydrogens is 244 g/mol. The maximum absolute atomic E-state index is 3.56. The molecule has 0 atom stereocenters. The van der Waals surface area contributed by atoms with E-state index >= 15 is 0 Å². The van der Waals surface area contributed by atoms with Crippen LogP contribution in [0, 0.1) is 0 Å². The molecule has 0 aromatic rings. The Labute approximate surface area is 43.6 Å². The van der Waals surface area contributed by atoms with Gasteiger partial charge in [-0.1, -0.05) is 0 Å². The molecule has 0 aliphatic carbocycles. The minimum absolute atomic E-state index is 1.21. The van der Waals surface area contributed by atoms with Crippen molar-refractivity contribution in [1.29, 1.82) is 0 Å². The van der Waals surface area contributed by atoms with Gasteiger partial charge in [-0.15, -0.1) is 0 Å². The van der Waals surface area contributed by atoms with Crippen LogP contribution in [0.4, 0.5) is 0 Å². The summed E-state index contributed by atoms with van der Waals surface area (Å²) in [5.74, 6) is 0. The SMILES string of the molecule is C[Te](C)(C)Br. The summed E-state index contributed by atoms with van der Waals surface area (Å²) in [6.07, 6.45) is 0. The fraction of sp³-hybridized carbons (Fsp3) is 1.00. The van der Waals surface area contributed by atoms with Crippen LogP contribution in [0.1, 0.15) is 0 Å². The second-order valence-electron chi connectivity index (χ2n) is 1.69. The topological polar surface area (TPSA) is 0 Å². The van der Waals surface area contributed by atoms with Crippen molar-refractivity contribution in [1.82, 2.24) is 0 Å². The second-order valence-corrected chi connectivity index (χ2v) is 24.4. The van der Waals surface area contributed by atoms with Crippen LogP contribution in [0.25, 0.3) is 0 Å². The van der Waals surface area contributed by atoms with E-state index in [4.69, 9.17) is 0 Å². The maximum atomic E-state index is 3.56. The van der Waals surface area contributed by atoms with E-state index in [1.807, 2.05) is 0 Å². The first-order chi connectivity index (χ1) is 2.00. The summed E-state index contributed by atoms with van der Waals surface area (Å²) in [7, 11) is 0. The van der Waals surface area contributed by atoms with Crippen LogP contribution in [0.3, 0.4) is 0 Å². The van der Waals surface area contributed by atoms with Crippen LogP contribution in [0.2, 0.25) is 14.9 Å². The quantitative estimate of drug-likeness (QED) is 0.580. The molecule has 2 heteroatoms. The van der Waals surface area contributed by atoms with E-state index < -0.39 is 16.0 Å². The van der Waals surface area contributed by atoms with Crippen molar-refractivity contribution in [3.63, 3.8) is 0 Å². The number of halogens is 1. The monoisotopic (exact) mass is 254 g/mol. The summed E-state index contributed by atoms with van der Waals surface area (Å²) in [4.78, 5) is 6.88. The molecule has 0 radical (unpaired) electrons. The predicted molar refractivity (Wildman–Crippen MR) is 32.3 cm³/mol. The average Bonchev–Trinajstić information content (AvgIpc) is 0.722. The molecule has 0 N–H and O–H groups in total. The molecule has 5 heavy (non-hydrogen) atoms. The van der Waals surface area contributed by atoms with Gasteiger partial charge in [0, 0.05) is 0 Å². The normalized spacial score (nSPS) is 15.2. The van der Waals surface area contributed by atoms with Crippen molar-refractivity contribution in [2.24, 2.45) is 0 Å². The van der Waals surface area contributed by atoms with E-state index in [0.717, 1.165) is 0 Å². The van der Waals surface area contributed by atoms with Crippen molar-refractivity contribution >= 4 is 28.7 Å². The first-order valence-corrected chi connectivity index (χ1v) is 13.6. The summed E-state index contributed by atoms with van der Waals surface area (Å²) in [6.45, 7) is 0. The van der Waals surface area contributed by atoms with Crippen molar-refractivity contribution in [3.8, 4) is 0 Å². The minimum atomic E-state index is -1.21. The van der Waals surface area contributed by atoms with E-state index in [9.17, 15) is 0 Å². The van der Waals surface area contributed by atoms with Gasteiger partial charge >= 0.3 is 43.6 Å². The zero-order valence-electron chi connectivity index (χ0n) is 3.79. The van der Waals surface area contributed by atoms with Gasteiger partial charge < -0.3 is 0 Å². The summed E-state index contributed by atoms with van der Waals surface area (Å²) >= 11 is 2.36. The fourth-order valence-electron chi connectivity index (χ4n) is 0. The zero-order chi connectivity index (χ0) is 4.50. The molecule has 0 bridgehead atoms. The summed E-state index contributed by atoms with van der Waals surface area (Å²) in [5, 5.41) is 0. The Morgan fingerprint density at radius 1 is 1.20 bits per heavy atom. The van der Waals surface area contributed by atoms with Gasteiger partial charge in [-0.3, -0.25) is 0 Å². The van der Waals surface area contributed by atoms with Crippen molar-refractivity contribution in [2.45, 2.75) is 14.9 Å². The Kier molecular flexibility index (Phi) is 2.28. The van der Waals surface area contributed by atoms with Gasteiger partial charge in [-0.05, 0) is 0 Å². The van der Waals surface area contributed by atoms with Crippen molar-refractivity contribution in [3.05, 3.63) is 0 Å². The van der Waals surface area contributed by atoms with Crippen LogP contribution in [-0.4, -0.2) is 16.0 Å². The van der Waals surface area contributed by atoms with Gasteiger partial charge in [0.15, 0.2) is 0 Å². The van der Waals surface area contributed by atoms with Crippen LogP contribution in [0.15, 0.2) is 0 Å². The molecule has 0 saturated carbocycles. The van der Waals surface area contributed by atoms with Crippen LogP contribution in [0.5, 0.6) is 0 Å². The first kappa shape index (κ1) is 6.27. The Balaban J connectivity index is 3.02. The van der Waals surface area contributed by atoms with Gasteiger partial charge in [0.1, 0.15) is 0 Å². The summed E-state index contributed by atoms with van der Waals surface area (Å²) < 4.78 is 0. The van der Waals surface area contributed by atoms with Crippen molar-refractivity contribution < 1.29 is 0 Å². The number of hydrogen-bond acceptors (Lipinski definition) is 0. The third kappa shape index (κ3) is 34.9. The molecule has 0 saturated heterocycles. The third-order valence-corrected chi connectivity index (χ3v) is 0. The van der Waals surface area contributed by atoms with Crippen LogP contribution >= 0.6 is 12.8 Å². The molecule has 0 spiro atoms. The molecule has 0 aromatic carbocycles. The molecule has 0 heterocycles. The van der Waals surface area contributed by atoms with Crippen LogP contribution in [-0.2, 0) is 0 Å². The third-order valence-electron chi connectivity index (χ3n) is 0. The Morgan fingerprint density at radius 2 is 1.20 bits per heavy atom. The van der Waals surface area contributed by atoms with Gasteiger partial charge in [-0.25, -0.2) is 0 Å². The molecule has 0 unspecified atom stereocenters. The molecule has 34 valence electrons. The van der Waals surface area contributed by atoms with E-state index in [-0.39, 0.29) is 0 Å². The van der Waals surface area contributed by atoms with Gasteiger partial charge in [0.25, 0.3) is 0 Å². The van der Waals surface area contributed by atoms with Gasteiger partial charge in [0.2, 0.25) is 0 Å². The van der Waals surface area contributed by atoms with Crippen LogP contribution < -0.4 is 0 Å². The van der Waals surface area contributed by atoms with E-state index in [2.05, 4.69) is 27.7 Å². The van der Waals surface area contributed by atoms with Gasteiger partial charge in [-0.2, -0.15) is 0 Å². The Hall–Kier alpha value is 1.27. The standard InChI is InChI=1S/C3H9BrTe/c1-5(2,3)4/h1-3H3. The molecule has 0 aliphatic heterocycles. The Bertz CT molecular complexity index is 22.4. The average molecular weight is 253 g/mol. The fourth-order valence-corrected chi connectivity index (χ4v) is 0. The first-order valence-electron chi connectivity index (χ1n) is 1.38. The summed E-state index contributed by atoms with van der Waals surface area (Å²) in [6, 6.07) is 0. The molecule has 0 fully saturated rings. The molecule has 0 aliphatic rings. The molecule has 0 amide bonds. The zero-order valence-corrected chi connectivity index (χ0v) is 7.70. The molecule has 0 rings (SSSR count). The summed E-state index contributed by atoms with van der Waals surface area (Å²) in [5.41, 5.74) is 0.